The van der Waals surface area contributed by atoms with Crippen LogP contribution in [0.25, 0.3) is 0 Å². The number of rotatable bonds is 4. The van der Waals surface area contributed by atoms with Gasteiger partial charge in [-0.15, -0.1) is 0 Å². The van der Waals surface area contributed by atoms with Crippen LogP contribution < -0.4 is 5.32 Å². The molecule has 0 radical (unpaired) electrons. The van der Waals surface area contributed by atoms with Crippen molar-refractivity contribution in [3.05, 3.63) is 29.3 Å². The van der Waals surface area contributed by atoms with Gasteiger partial charge in [-0.25, -0.2) is 0 Å². The van der Waals surface area contributed by atoms with Crippen LogP contribution in [-0.4, -0.2) is 41.1 Å². The first-order chi connectivity index (χ1) is 9.93. The van der Waals surface area contributed by atoms with Crippen LogP contribution in [0.5, 0.6) is 0 Å². The smallest absolute Gasteiger partial charge is 0.254 e. The van der Waals surface area contributed by atoms with Crippen LogP contribution in [0.4, 0.5) is 5.69 Å². The third-order valence-corrected chi connectivity index (χ3v) is 4.00. The molecule has 1 aliphatic heterocycles. The van der Waals surface area contributed by atoms with Crippen LogP contribution in [0.3, 0.4) is 0 Å². The van der Waals surface area contributed by atoms with E-state index >= 15 is 0 Å². The standard InChI is InChI=1S/C17H26N2O2/c1-4-9-18-14-6-7-15(13(2)11-14)16(20)19-10-5-8-17(3,21)12-19/h6-7,11,18,21H,4-5,8-10,12H2,1-3H3. The maximum atomic E-state index is 12.6. The van der Waals surface area contributed by atoms with Gasteiger partial charge in [-0.3, -0.25) is 4.79 Å². The van der Waals surface area contributed by atoms with E-state index in [1.807, 2.05) is 25.1 Å². The summed E-state index contributed by atoms with van der Waals surface area (Å²) in [6.45, 7) is 7.97. The lowest BCUT2D eigenvalue weighted by Gasteiger charge is -2.37. The van der Waals surface area contributed by atoms with Gasteiger partial charge < -0.3 is 15.3 Å². The quantitative estimate of drug-likeness (QED) is 0.896. The Morgan fingerprint density at radius 3 is 2.86 bits per heavy atom. The number of hydrogen-bond acceptors (Lipinski definition) is 3. The number of nitrogens with zero attached hydrogens (tertiary/aromatic N) is 1. The zero-order valence-corrected chi connectivity index (χ0v) is 13.3. The minimum atomic E-state index is -0.759. The van der Waals surface area contributed by atoms with Crippen molar-refractivity contribution in [2.45, 2.75) is 45.6 Å². The highest BCUT2D eigenvalue weighted by Crippen LogP contribution is 2.23. The molecule has 1 fully saturated rings. The number of anilines is 1. The first-order valence-electron chi connectivity index (χ1n) is 7.79. The predicted molar refractivity (Wildman–Crippen MR) is 85.7 cm³/mol. The molecule has 2 rings (SSSR count). The fraction of sp³-hybridized carbons (Fsp3) is 0.588. The lowest BCUT2D eigenvalue weighted by molar-refractivity contribution is -0.0107. The van der Waals surface area contributed by atoms with Crippen LogP contribution in [0.2, 0.25) is 0 Å². The zero-order valence-electron chi connectivity index (χ0n) is 13.3. The molecular weight excluding hydrogens is 264 g/mol. The van der Waals surface area contributed by atoms with Gasteiger partial charge in [-0.1, -0.05) is 6.92 Å². The van der Waals surface area contributed by atoms with Gasteiger partial charge in [0.15, 0.2) is 0 Å². The number of piperidine rings is 1. The molecule has 1 atom stereocenters. The van der Waals surface area contributed by atoms with Crippen LogP contribution in [0.1, 0.15) is 49.0 Å². The summed E-state index contributed by atoms with van der Waals surface area (Å²) in [5, 5.41) is 13.5. The number of β-amino-alcohol motifs (C(OH)–C–C–N with tert-alkyl or cyclic N) is 1. The van der Waals surface area contributed by atoms with Crippen molar-refractivity contribution >= 4 is 11.6 Å². The fourth-order valence-electron chi connectivity index (χ4n) is 2.85. The molecular formula is C17H26N2O2. The summed E-state index contributed by atoms with van der Waals surface area (Å²) in [6, 6.07) is 5.86. The first-order valence-corrected chi connectivity index (χ1v) is 7.79. The number of carbonyl (C=O) groups excluding carboxylic acids is 1. The van der Waals surface area contributed by atoms with Gasteiger partial charge in [-0.05, 0) is 56.9 Å². The average molecular weight is 290 g/mol. The molecule has 2 N–H and O–H groups in total. The summed E-state index contributed by atoms with van der Waals surface area (Å²) in [7, 11) is 0. The molecule has 21 heavy (non-hydrogen) atoms. The van der Waals surface area contributed by atoms with Gasteiger partial charge >= 0.3 is 0 Å². The monoisotopic (exact) mass is 290 g/mol. The largest absolute Gasteiger partial charge is 0.388 e. The van der Waals surface area contributed by atoms with Gasteiger partial charge in [0.05, 0.1) is 5.60 Å². The number of nitrogens with one attached hydrogen (secondary N) is 1. The zero-order chi connectivity index (χ0) is 15.5. The third-order valence-electron chi connectivity index (χ3n) is 4.00. The molecule has 4 nitrogen and oxygen atoms in total. The highest BCUT2D eigenvalue weighted by atomic mass is 16.3. The molecule has 1 aromatic carbocycles. The molecule has 0 spiro atoms. The van der Waals surface area contributed by atoms with E-state index in [1.165, 1.54) is 0 Å². The predicted octanol–water partition coefficient (Wildman–Crippen LogP) is 2.80. The van der Waals surface area contributed by atoms with Crippen molar-refractivity contribution in [1.82, 2.24) is 4.90 Å². The molecule has 1 heterocycles. The molecule has 0 aromatic heterocycles. The Hall–Kier alpha value is -1.55. The average Bonchev–Trinajstić information content (AvgIpc) is 2.43. The molecule has 0 aliphatic carbocycles. The highest BCUT2D eigenvalue weighted by molar-refractivity contribution is 5.96. The molecule has 1 saturated heterocycles. The van der Waals surface area contributed by atoms with E-state index in [2.05, 4.69) is 12.2 Å². The molecule has 0 saturated carbocycles. The molecule has 1 aliphatic rings. The molecule has 4 heteroatoms. The minimum absolute atomic E-state index is 0.0227. The van der Waals surface area contributed by atoms with E-state index in [0.717, 1.165) is 49.2 Å². The molecule has 0 bridgehead atoms. The second kappa shape index (κ2) is 6.48. The van der Waals surface area contributed by atoms with Crippen molar-refractivity contribution in [1.29, 1.82) is 0 Å². The maximum Gasteiger partial charge on any atom is 0.254 e. The van der Waals surface area contributed by atoms with Gasteiger partial charge in [0.2, 0.25) is 0 Å². The van der Waals surface area contributed by atoms with E-state index in [1.54, 1.807) is 11.8 Å². The Morgan fingerprint density at radius 1 is 1.48 bits per heavy atom. The Labute approximate surface area is 127 Å². The Bertz CT molecular complexity index is 512. The van der Waals surface area contributed by atoms with Crippen molar-refractivity contribution in [2.75, 3.05) is 25.0 Å². The summed E-state index contributed by atoms with van der Waals surface area (Å²) in [6.07, 6.45) is 2.69. The lowest BCUT2D eigenvalue weighted by Crippen LogP contribution is -2.48. The number of carbonyl (C=O) groups is 1. The van der Waals surface area contributed by atoms with Crippen LogP contribution >= 0.6 is 0 Å². The van der Waals surface area contributed by atoms with E-state index in [0.29, 0.717) is 6.54 Å². The maximum absolute atomic E-state index is 12.6. The summed E-state index contributed by atoms with van der Waals surface area (Å²) >= 11 is 0. The Balaban J connectivity index is 2.12. The van der Waals surface area contributed by atoms with Crippen molar-refractivity contribution in [2.24, 2.45) is 0 Å². The summed E-state index contributed by atoms with van der Waals surface area (Å²) < 4.78 is 0. The fourth-order valence-corrected chi connectivity index (χ4v) is 2.85. The van der Waals surface area contributed by atoms with Crippen LogP contribution in [0, 0.1) is 6.92 Å². The van der Waals surface area contributed by atoms with E-state index < -0.39 is 5.60 Å². The van der Waals surface area contributed by atoms with Crippen LogP contribution in [-0.2, 0) is 0 Å². The normalized spacial score (nSPS) is 22.2. The lowest BCUT2D eigenvalue weighted by atomic mass is 9.94. The highest BCUT2D eigenvalue weighted by Gasteiger charge is 2.31. The number of hydrogen-bond donors (Lipinski definition) is 2. The summed E-state index contributed by atoms with van der Waals surface area (Å²) in [5.41, 5.74) is 2.00. The van der Waals surface area contributed by atoms with Crippen molar-refractivity contribution in [3.63, 3.8) is 0 Å². The van der Waals surface area contributed by atoms with Crippen molar-refractivity contribution in [3.8, 4) is 0 Å². The van der Waals surface area contributed by atoms with Gasteiger partial charge in [0.1, 0.15) is 0 Å². The molecule has 1 amide bonds. The minimum Gasteiger partial charge on any atom is -0.388 e. The number of likely N-dealkylation sites (tertiary alicyclic amines) is 1. The summed E-state index contributed by atoms with van der Waals surface area (Å²) in [5.74, 6) is 0.0227. The third kappa shape index (κ3) is 3.97. The second-order valence-electron chi connectivity index (χ2n) is 6.28. The number of amides is 1. The second-order valence-corrected chi connectivity index (χ2v) is 6.28. The first kappa shape index (κ1) is 15.8. The van der Waals surface area contributed by atoms with E-state index in [-0.39, 0.29) is 5.91 Å². The van der Waals surface area contributed by atoms with E-state index in [4.69, 9.17) is 0 Å². The molecule has 116 valence electrons. The summed E-state index contributed by atoms with van der Waals surface area (Å²) in [4.78, 5) is 14.4. The molecule has 1 aromatic rings. The van der Waals surface area contributed by atoms with Gasteiger partial charge in [0, 0.05) is 30.9 Å². The topological polar surface area (TPSA) is 52.6 Å². The Morgan fingerprint density at radius 2 is 2.24 bits per heavy atom. The SMILES string of the molecule is CCCNc1ccc(C(=O)N2CCCC(C)(O)C2)c(C)c1. The molecule has 1 unspecified atom stereocenters. The number of benzene rings is 1. The number of aryl methyl sites for hydroxylation is 1. The van der Waals surface area contributed by atoms with Crippen molar-refractivity contribution < 1.29 is 9.90 Å². The Kier molecular flexibility index (Phi) is 4.88. The number of aliphatic hydroxyl groups is 1. The van der Waals surface area contributed by atoms with E-state index in [9.17, 15) is 9.90 Å². The van der Waals surface area contributed by atoms with Gasteiger partial charge in [0.25, 0.3) is 5.91 Å². The van der Waals surface area contributed by atoms with Crippen LogP contribution in [0.15, 0.2) is 18.2 Å². The van der Waals surface area contributed by atoms with Gasteiger partial charge in [-0.2, -0.15) is 0 Å².